The predicted molar refractivity (Wildman–Crippen MR) is 84.2 cm³/mol. The zero-order chi connectivity index (χ0) is 15.5. The number of nitrogen functional groups attached to an aromatic ring is 1. The molecular formula is C12H14BrN5O2S. The minimum absolute atomic E-state index is 0.00182. The van der Waals surface area contributed by atoms with Crippen LogP contribution in [0.3, 0.4) is 0 Å². The summed E-state index contributed by atoms with van der Waals surface area (Å²) in [5.74, 6) is 5.45. The maximum Gasteiger partial charge on any atom is 0.268 e. The molecule has 2 rings (SSSR count). The first-order valence-electron chi connectivity index (χ1n) is 6.05. The third-order valence-electron chi connectivity index (χ3n) is 2.76. The van der Waals surface area contributed by atoms with Crippen LogP contribution in [0.15, 0.2) is 46.2 Å². The van der Waals surface area contributed by atoms with E-state index in [0.717, 1.165) is 0 Å². The molecule has 0 saturated heterocycles. The van der Waals surface area contributed by atoms with Crippen molar-refractivity contribution in [3.05, 3.63) is 41.3 Å². The molecule has 0 aliphatic rings. The molecule has 0 saturated carbocycles. The molecule has 2 aromatic rings. The first kappa shape index (κ1) is 15.7. The monoisotopic (exact) mass is 371 g/mol. The Morgan fingerprint density at radius 2 is 2.05 bits per heavy atom. The quantitative estimate of drug-likeness (QED) is 0.613. The van der Waals surface area contributed by atoms with Gasteiger partial charge in [-0.15, -0.1) is 0 Å². The Bertz CT molecular complexity index is 724. The molecule has 0 atom stereocenters. The number of nitrogens with one attached hydrogen (secondary N) is 1. The van der Waals surface area contributed by atoms with E-state index in [1.165, 1.54) is 29.0 Å². The summed E-state index contributed by atoms with van der Waals surface area (Å²) >= 11 is 3.22. The molecule has 0 aliphatic heterocycles. The van der Waals surface area contributed by atoms with Gasteiger partial charge in [-0.2, -0.15) is 0 Å². The normalized spacial score (nSPS) is 11.2. The third-order valence-corrected chi connectivity index (χ3v) is 5.11. The van der Waals surface area contributed by atoms with Gasteiger partial charge in [-0.25, -0.2) is 19.2 Å². The van der Waals surface area contributed by atoms with Crippen molar-refractivity contribution < 1.29 is 8.42 Å². The average molecular weight is 372 g/mol. The van der Waals surface area contributed by atoms with Crippen LogP contribution in [0.4, 0.5) is 11.5 Å². The van der Waals surface area contributed by atoms with Crippen molar-refractivity contribution in [1.82, 2.24) is 9.97 Å². The maximum atomic E-state index is 12.8. The number of rotatable bonds is 5. The number of nitrogens with zero attached hydrogens (tertiary/aromatic N) is 3. The van der Waals surface area contributed by atoms with Crippen molar-refractivity contribution in [2.75, 3.05) is 16.3 Å². The Labute approximate surface area is 131 Å². The van der Waals surface area contributed by atoms with Crippen molar-refractivity contribution in [2.24, 2.45) is 5.84 Å². The zero-order valence-electron chi connectivity index (χ0n) is 11.2. The Balaban J connectivity index is 2.58. The number of halogens is 1. The van der Waals surface area contributed by atoms with E-state index in [2.05, 4.69) is 31.3 Å². The van der Waals surface area contributed by atoms with Gasteiger partial charge in [0.15, 0.2) is 5.82 Å². The predicted octanol–water partition coefficient (Wildman–Crippen LogP) is 1.74. The van der Waals surface area contributed by atoms with Crippen LogP contribution in [0.5, 0.6) is 0 Å². The van der Waals surface area contributed by atoms with E-state index in [1.807, 2.05) is 0 Å². The number of pyridine rings is 2. The van der Waals surface area contributed by atoms with Gasteiger partial charge in [-0.05, 0) is 41.1 Å². The van der Waals surface area contributed by atoms with Crippen molar-refractivity contribution >= 4 is 37.5 Å². The van der Waals surface area contributed by atoms with Crippen molar-refractivity contribution in [2.45, 2.75) is 11.8 Å². The van der Waals surface area contributed by atoms with Crippen LogP contribution in [0.1, 0.15) is 6.92 Å². The van der Waals surface area contributed by atoms with Gasteiger partial charge in [-0.3, -0.25) is 9.29 Å². The van der Waals surface area contributed by atoms with Gasteiger partial charge in [0.05, 0.1) is 5.69 Å². The van der Waals surface area contributed by atoms with E-state index in [0.29, 0.717) is 10.2 Å². The zero-order valence-corrected chi connectivity index (χ0v) is 13.6. The molecule has 0 unspecified atom stereocenters. The number of hydrogen-bond donors (Lipinski definition) is 2. The smallest absolute Gasteiger partial charge is 0.268 e. The number of hydrazine groups is 1. The topological polar surface area (TPSA) is 101 Å². The summed E-state index contributed by atoms with van der Waals surface area (Å²) in [6.45, 7) is 2.02. The maximum absolute atomic E-state index is 12.8. The summed E-state index contributed by atoms with van der Waals surface area (Å²) in [4.78, 5) is 7.86. The van der Waals surface area contributed by atoms with E-state index in [4.69, 9.17) is 5.84 Å². The SMILES string of the molecule is CCN(c1ccncc1)S(=O)(=O)c1cc(Br)cnc1NN. The molecule has 7 nitrogen and oxygen atoms in total. The van der Waals surface area contributed by atoms with Gasteiger partial charge in [0.25, 0.3) is 10.0 Å². The van der Waals surface area contributed by atoms with Gasteiger partial charge in [0.1, 0.15) is 4.90 Å². The standard InChI is InChI=1S/C12H14BrN5O2S/c1-2-18(10-3-5-15-6-4-10)21(19,20)11-7-9(13)8-16-12(11)17-14/h3-8H,2,14H2,1H3,(H,16,17). The molecule has 0 amide bonds. The van der Waals surface area contributed by atoms with Gasteiger partial charge in [0, 0.05) is 29.6 Å². The van der Waals surface area contributed by atoms with Gasteiger partial charge in [0.2, 0.25) is 0 Å². The lowest BCUT2D eigenvalue weighted by molar-refractivity contribution is 0.591. The van der Waals surface area contributed by atoms with Crippen LogP contribution in [0.2, 0.25) is 0 Å². The molecule has 9 heteroatoms. The highest BCUT2D eigenvalue weighted by Gasteiger charge is 2.27. The van der Waals surface area contributed by atoms with E-state index >= 15 is 0 Å². The molecule has 2 aromatic heterocycles. The fourth-order valence-corrected chi connectivity index (χ4v) is 3.94. The first-order chi connectivity index (χ1) is 10.0. The van der Waals surface area contributed by atoms with Crippen LogP contribution in [0.25, 0.3) is 0 Å². The number of hydrogen-bond acceptors (Lipinski definition) is 6. The molecule has 2 heterocycles. The highest BCUT2D eigenvalue weighted by atomic mass is 79.9. The summed E-state index contributed by atoms with van der Waals surface area (Å²) in [5, 5.41) is 0. The average Bonchev–Trinajstić information content (AvgIpc) is 2.49. The molecule has 21 heavy (non-hydrogen) atoms. The second kappa shape index (κ2) is 6.37. The lowest BCUT2D eigenvalue weighted by Crippen LogP contribution is -2.32. The highest BCUT2D eigenvalue weighted by molar-refractivity contribution is 9.10. The largest absolute Gasteiger partial charge is 0.307 e. The van der Waals surface area contributed by atoms with Crippen molar-refractivity contribution in [3.63, 3.8) is 0 Å². The van der Waals surface area contributed by atoms with Gasteiger partial charge in [-0.1, -0.05) is 0 Å². The van der Waals surface area contributed by atoms with E-state index in [1.54, 1.807) is 19.1 Å². The van der Waals surface area contributed by atoms with E-state index < -0.39 is 10.0 Å². The molecular weight excluding hydrogens is 358 g/mol. The van der Waals surface area contributed by atoms with Crippen LogP contribution < -0.4 is 15.6 Å². The van der Waals surface area contributed by atoms with Crippen molar-refractivity contribution in [3.8, 4) is 0 Å². The summed E-state index contributed by atoms with van der Waals surface area (Å²) in [6.07, 6.45) is 4.54. The summed E-state index contributed by atoms with van der Waals surface area (Å²) in [5.41, 5.74) is 2.83. The minimum Gasteiger partial charge on any atom is -0.307 e. The summed E-state index contributed by atoms with van der Waals surface area (Å²) < 4.78 is 27.5. The summed E-state index contributed by atoms with van der Waals surface area (Å²) in [6, 6.07) is 4.71. The molecule has 112 valence electrons. The number of anilines is 2. The highest BCUT2D eigenvalue weighted by Crippen LogP contribution is 2.28. The molecule has 0 aromatic carbocycles. The fraction of sp³-hybridized carbons (Fsp3) is 0.167. The second-order valence-corrected chi connectivity index (χ2v) is 6.77. The number of nitrogens with two attached hydrogens (primary N) is 1. The number of sulfonamides is 1. The van der Waals surface area contributed by atoms with Crippen LogP contribution in [0, 0.1) is 0 Å². The molecule has 0 radical (unpaired) electrons. The van der Waals surface area contributed by atoms with Gasteiger partial charge < -0.3 is 5.43 Å². The molecule has 0 aliphatic carbocycles. The first-order valence-corrected chi connectivity index (χ1v) is 8.29. The Kier molecular flexibility index (Phi) is 4.76. The van der Waals surface area contributed by atoms with Crippen molar-refractivity contribution in [1.29, 1.82) is 0 Å². The van der Waals surface area contributed by atoms with E-state index in [-0.39, 0.29) is 17.3 Å². The Morgan fingerprint density at radius 1 is 1.38 bits per heavy atom. The number of aromatic nitrogens is 2. The van der Waals surface area contributed by atoms with Gasteiger partial charge >= 0.3 is 0 Å². The molecule has 0 fully saturated rings. The lowest BCUT2D eigenvalue weighted by atomic mass is 10.4. The van der Waals surface area contributed by atoms with Crippen LogP contribution in [-0.2, 0) is 10.0 Å². The van der Waals surface area contributed by atoms with Crippen LogP contribution in [-0.4, -0.2) is 24.9 Å². The Hall–Kier alpha value is -1.71. The minimum atomic E-state index is -3.80. The molecule has 0 bridgehead atoms. The van der Waals surface area contributed by atoms with E-state index in [9.17, 15) is 8.42 Å². The lowest BCUT2D eigenvalue weighted by Gasteiger charge is -2.23. The third kappa shape index (κ3) is 3.14. The Morgan fingerprint density at radius 3 is 2.62 bits per heavy atom. The fourth-order valence-electron chi connectivity index (χ4n) is 1.85. The molecule has 3 N–H and O–H groups in total. The summed E-state index contributed by atoms with van der Waals surface area (Å²) in [7, 11) is -3.80. The molecule has 0 spiro atoms. The second-order valence-electron chi connectivity index (χ2n) is 4.02. The van der Waals surface area contributed by atoms with Crippen LogP contribution >= 0.6 is 15.9 Å².